The van der Waals surface area contributed by atoms with Gasteiger partial charge in [0.25, 0.3) is 0 Å². The Bertz CT molecular complexity index is 673. The molecule has 28 heavy (non-hydrogen) atoms. The van der Waals surface area contributed by atoms with Gasteiger partial charge in [0.15, 0.2) is 0 Å². The van der Waals surface area contributed by atoms with Crippen molar-refractivity contribution in [3.8, 4) is 0 Å². The van der Waals surface area contributed by atoms with Crippen molar-refractivity contribution in [2.24, 2.45) is 23.3 Å². The summed E-state index contributed by atoms with van der Waals surface area (Å²) >= 11 is 0. The molecular formula is C22H34F3N3. The van der Waals surface area contributed by atoms with Crippen LogP contribution in [0.25, 0.3) is 5.70 Å². The van der Waals surface area contributed by atoms with Crippen LogP contribution in [-0.4, -0.2) is 18.8 Å². The van der Waals surface area contributed by atoms with Crippen molar-refractivity contribution in [2.45, 2.75) is 59.7 Å². The second kappa shape index (κ2) is 11.1. The summed E-state index contributed by atoms with van der Waals surface area (Å²) in [6, 6.07) is 3.44. The molecule has 0 spiro atoms. The molecule has 1 aromatic rings. The Balaban J connectivity index is 0.000000892. The summed E-state index contributed by atoms with van der Waals surface area (Å²) in [6.07, 6.45) is 1.99. The lowest BCUT2D eigenvalue weighted by Crippen LogP contribution is -2.41. The van der Waals surface area contributed by atoms with Gasteiger partial charge in [0.2, 0.25) is 0 Å². The molecule has 0 saturated heterocycles. The number of nitrogens with one attached hydrogen (secondary N) is 1. The fraction of sp³-hybridized carbons (Fsp3) is 0.545. The molecule has 0 aliphatic heterocycles. The number of rotatable bonds is 5. The standard InChI is InChI=1S/C18H24F3N3.C4H10/c1-10-6-12(18(23)16(7-10)24-9-11(2)19)8-15(22)17-13(20)4-3-5-14(17)21;1-4(2)3/h3-5,8,10-11,16,24H,6-7,9,22-23H2,1-2H3;4H,1-3H3/b15-8-;. The molecule has 1 aliphatic rings. The van der Waals surface area contributed by atoms with Crippen molar-refractivity contribution in [2.75, 3.05) is 6.54 Å². The normalized spacial score (nSPS) is 21.4. The largest absolute Gasteiger partial charge is 0.401 e. The summed E-state index contributed by atoms with van der Waals surface area (Å²) in [4.78, 5) is 0. The zero-order valence-electron chi connectivity index (χ0n) is 17.5. The van der Waals surface area contributed by atoms with Gasteiger partial charge in [-0.15, -0.1) is 0 Å². The Kier molecular flexibility index (Phi) is 9.59. The van der Waals surface area contributed by atoms with Crippen LogP contribution in [0.1, 0.15) is 53.0 Å². The molecule has 6 heteroatoms. The minimum atomic E-state index is -0.980. The first-order valence-electron chi connectivity index (χ1n) is 9.80. The third-order valence-corrected chi connectivity index (χ3v) is 4.18. The first kappa shape index (κ1) is 24.1. The number of benzene rings is 1. The molecular weight excluding hydrogens is 363 g/mol. The number of hydrogen-bond acceptors (Lipinski definition) is 3. The lowest BCUT2D eigenvalue weighted by Gasteiger charge is -2.30. The van der Waals surface area contributed by atoms with Crippen molar-refractivity contribution < 1.29 is 13.2 Å². The average molecular weight is 398 g/mol. The van der Waals surface area contributed by atoms with Crippen LogP contribution in [-0.2, 0) is 0 Å². The molecule has 0 aromatic heterocycles. The molecule has 3 atom stereocenters. The Labute approximate surface area is 167 Å². The van der Waals surface area contributed by atoms with Crippen LogP contribution >= 0.6 is 0 Å². The maximum atomic E-state index is 13.9. The predicted octanol–water partition coefficient (Wildman–Crippen LogP) is 4.89. The summed E-state index contributed by atoms with van der Waals surface area (Å²) < 4.78 is 40.8. The molecule has 0 heterocycles. The summed E-state index contributed by atoms with van der Waals surface area (Å²) in [5, 5.41) is 3.09. The van der Waals surface area contributed by atoms with E-state index in [2.05, 4.69) is 26.1 Å². The minimum Gasteiger partial charge on any atom is -0.401 e. The predicted molar refractivity (Wildman–Crippen MR) is 111 cm³/mol. The van der Waals surface area contributed by atoms with Crippen molar-refractivity contribution >= 4 is 5.70 Å². The van der Waals surface area contributed by atoms with Gasteiger partial charge in [-0.25, -0.2) is 13.2 Å². The molecule has 1 aliphatic carbocycles. The number of hydrogen-bond donors (Lipinski definition) is 3. The smallest absolute Gasteiger partial charge is 0.135 e. The summed E-state index contributed by atoms with van der Waals surface area (Å²) in [6.45, 7) is 10.2. The van der Waals surface area contributed by atoms with E-state index >= 15 is 0 Å². The highest BCUT2D eigenvalue weighted by Gasteiger charge is 2.25. The topological polar surface area (TPSA) is 64.1 Å². The molecule has 5 N–H and O–H groups in total. The second-order valence-corrected chi connectivity index (χ2v) is 8.20. The van der Waals surface area contributed by atoms with Crippen LogP contribution < -0.4 is 16.8 Å². The fourth-order valence-electron chi connectivity index (χ4n) is 3.00. The third-order valence-electron chi connectivity index (χ3n) is 4.18. The van der Waals surface area contributed by atoms with Crippen molar-refractivity contribution in [1.82, 2.24) is 5.32 Å². The Morgan fingerprint density at radius 2 is 1.75 bits per heavy atom. The summed E-state index contributed by atoms with van der Waals surface area (Å²) in [5.41, 5.74) is 13.1. The van der Waals surface area contributed by atoms with Gasteiger partial charge in [-0.2, -0.15) is 0 Å². The molecule has 0 radical (unpaired) electrons. The summed E-state index contributed by atoms with van der Waals surface area (Å²) in [5.74, 6) is -0.297. The third kappa shape index (κ3) is 7.58. The van der Waals surface area contributed by atoms with Crippen LogP contribution in [0.4, 0.5) is 13.2 Å². The van der Waals surface area contributed by atoms with Crippen molar-refractivity contribution in [1.29, 1.82) is 0 Å². The molecule has 1 aromatic carbocycles. The molecule has 158 valence electrons. The molecule has 0 bridgehead atoms. The van der Waals surface area contributed by atoms with Crippen molar-refractivity contribution in [3.05, 3.63) is 52.7 Å². The van der Waals surface area contributed by atoms with E-state index in [1.165, 1.54) is 19.1 Å². The molecule has 0 saturated carbocycles. The van der Waals surface area contributed by atoms with Gasteiger partial charge in [0, 0.05) is 24.0 Å². The molecule has 2 rings (SSSR count). The molecule has 3 unspecified atom stereocenters. The van der Waals surface area contributed by atoms with E-state index in [1.54, 1.807) is 0 Å². The first-order valence-corrected chi connectivity index (χ1v) is 9.80. The van der Waals surface area contributed by atoms with Gasteiger partial charge in [-0.3, -0.25) is 0 Å². The number of nitrogens with two attached hydrogens (primary N) is 2. The number of alkyl halides is 1. The highest BCUT2D eigenvalue weighted by Crippen LogP contribution is 2.30. The highest BCUT2D eigenvalue weighted by atomic mass is 19.1. The van der Waals surface area contributed by atoms with Crippen LogP contribution in [0.3, 0.4) is 0 Å². The Morgan fingerprint density at radius 1 is 1.21 bits per heavy atom. The summed E-state index contributed by atoms with van der Waals surface area (Å²) in [7, 11) is 0. The monoisotopic (exact) mass is 397 g/mol. The lowest BCUT2D eigenvalue weighted by atomic mass is 9.84. The highest BCUT2D eigenvalue weighted by molar-refractivity contribution is 5.66. The van der Waals surface area contributed by atoms with E-state index in [0.717, 1.165) is 30.0 Å². The van der Waals surface area contributed by atoms with E-state index in [4.69, 9.17) is 11.5 Å². The SMILES string of the molecule is CC(C)C.CC(F)CNC1CC(C)CC(/C=C(\N)c2c(F)cccc2F)=C1N. The first-order chi connectivity index (χ1) is 13.0. The van der Waals surface area contributed by atoms with Crippen LogP contribution in [0.2, 0.25) is 0 Å². The minimum absolute atomic E-state index is 0.00439. The van der Waals surface area contributed by atoms with E-state index in [1.807, 2.05) is 6.92 Å². The van der Waals surface area contributed by atoms with Gasteiger partial charge in [-0.05, 0) is 55.4 Å². The maximum absolute atomic E-state index is 13.9. The average Bonchev–Trinajstić information content (AvgIpc) is 2.55. The molecule has 3 nitrogen and oxygen atoms in total. The number of halogens is 3. The van der Waals surface area contributed by atoms with Gasteiger partial charge < -0.3 is 16.8 Å². The van der Waals surface area contributed by atoms with Gasteiger partial charge in [0.05, 0.1) is 5.56 Å². The van der Waals surface area contributed by atoms with E-state index in [9.17, 15) is 13.2 Å². The lowest BCUT2D eigenvalue weighted by molar-refractivity contribution is 0.316. The van der Waals surface area contributed by atoms with E-state index in [-0.39, 0.29) is 23.8 Å². The quantitative estimate of drug-likeness (QED) is 0.663. The molecule has 0 fully saturated rings. The van der Waals surface area contributed by atoms with Crippen LogP contribution in [0.15, 0.2) is 35.5 Å². The van der Waals surface area contributed by atoms with Gasteiger partial charge in [0.1, 0.15) is 17.8 Å². The zero-order valence-corrected chi connectivity index (χ0v) is 17.5. The van der Waals surface area contributed by atoms with Crippen molar-refractivity contribution in [3.63, 3.8) is 0 Å². The van der Waals surface area contributed by atoms with E-state index < -0.39 is 17.8 Å². The van der Waals surface area contributed by atoms with E-state index in [0.29, 0.717) is 18.0 Å². The maximum Gasteiger partial charge on any atom is 0.135 e. The Hall–Kier alpha value is -1.95. The zero-order chi connectivity index (χ0) is 21.4. The van der Waals surface area contributed by atoms with Crippen LogP contribution in [0, 0.1) is 23.5 Å². The van der Waals surface area contributed by atoms with Gasteiger partial charge in [-0.1, -0.05) is 33.8 Å². The molecule has 0 amide bonds. The van der Waals surface area contributed by atoms with Crippen LogP contribution in [0.5, 0.6) is 0 Å². The van der Waals surface area contributed by atoms with Gasteiger partial charge >= 0.3 is 0 Å². The second-order valence-electron chi connectivity index (χ2n) is 8.20. The fourth-order valence-corrected chi connectivity index (χ4v) is 3.00. The Morgan fingerprint density at radius 3 is 2.25 bits per heavy atom. The number of allylic oxidation sites excluding steroid dienone is 2.